The lowest BCUT2D eigenvalue weighted by atomic mass is 10.0. The molecule has 234 valence electrons. The third-order valence-electron chi connectivity index (χ3n) is 7.87. The number of hydrogen-bond donors (Lipinski definition) is 0. The van der Waals surface area contributed by atoms with Crippen molar-refractivity contribution in [3.63, 3.8) is 0 Å². The lowest BCUT2D eigenvalue weighted by Gasteiger charge is -2.15. The van der Waals surface area contributed by atoms with Crippen LogP contribution in [0.2, 0.25) is 0 Å². The largest absolute Gasteiger partial charge is 0.515 e. The van der Waals surface area contributed by atoms with Crippen LogP contribution in [0, 0.1) is 5.92 Å². The van der Waals surface area contributed by atoms with Crippen LogP contribution in [0.3, 0.4) is 0 Å². The van der Waals surface area contributed by atoms with Gasteiger partial charge >= 0.3 is 6.16 Å². The summed E-state index contributed by atoms with van der Waals surface area (Å²) in [6.45, 7) is 8.36. The number of halogens is 1. The molecule has 1 aromatic carbocycles. The Bertz CT molecular complexity index is 850. The maximum Gasteiger partial charge on any atom is 0.515 e. The molecule has 2 unspecified atom stereocenters. The summed E-state index contributed by atoms with van der Waals surface area (Å²) in [6, 6.07) is 8.00. The molecule has 6 nitrogen and oxygen atoms in total. The number of hydrazone groups is 1. The number of hydrogen-bond acceptors (Lipinski definition) is 6. The highest BCUT2D eigenvalue weighted by Gasteiger charge is 2.29. The van der Waals surface area contributed by atoms with Crippen molar-refractivity contribution >= 4 is 40.3 Å². The topological polar surface area (TPSA) is 60.4 Å². The van der Waals surface area contributed by atoms with Crippen molar-refractivity contribution in [3.8, 4) is 5.75 Å². The smallest absolute Gasteiger partial charge is 0.494 e. The Morgan fingerprint density at radius 1 is 0.902 bits per heavy atom. The van der Waals surface area contributed by atoms with E-state index in [1.54, 1.807) is 0 Å². The van der Waals surface area contributed by atoms with Crippen LogP contribution in [0.1, 0.15) is 136 Å². The van der Waals surface area contributed by atoms with Crippen LogP contribution >= 0.6 is 22.6 Å². The first kappa shape index (κ1) is 35.7. The average Bonchev–Trinajstić information content (AvgIpc) is 3.35. The van der Waals surface area contributed by atoms with Crippen molar-refractivity contribution in [2.75, 3.05) is 24.8 Å². The van der Waals surface area contributed by atoms with E-state index in [2.05, 4.69) is 48.5 Å². The number of carbonyl (C=O) groups excluding carboxylic acids is 1. The molecule has 0 aliphatic carbocycles. The van der Waals surface area contributed by atoms with Gasteiger partial charge in [-0.25, -0.2) is 4.79 Å². The lowest BCUT2D eigenvalue weighted by Crippen LogP contribution is -2.23. The summed E-state index contributed by atoms with van der Waals surface area (Å²) in [5.41, 5.74) is 0.933. The van der Waals surface area contributed by atoms with E-state index in [4.69, 9.17) is 14.2 Å². The van der Waals surface area contributed by atoms with Crippen molar-refractivity contribution in [1.82, 2.24) is 0 Å². The number of rotatable bonds is 23. The molecule has 0 saturated heterocycles. The second-order valence-corrected chi connectivity index (χ2v) is 13.0. The molecule has 1 heterocycles. The molecule has 0 amide bonds. The molecular weight excluding hydrogens is 627 g/mol. The Morgan fingerprint density at radius 2 is 1.51 bits per heavy atom. The Labute approximate surface area is 264 Å². The van der Waals surface area contributed by atoms with E-state index in [-0.39, 0.29) is 3.92 Å². The standard InChI is InChI=1S/C34H57IN2O4/c1-4-7-9-10-11-12-13-14-15-16-17-18-19-20-25-39-31-24-21-23-30(26-31)37-27-32(35)33(36-37)41-34(38)40-28-29(6-3)22-8-5-2/h21,23-24,26,29,32H,4-20,22,25,27-28H2,1-3H3. The fourth-order valence-electron chi connectivity index (χ4n) is 5.12. The molecule has 0 radical (unpaired) electrons. The van der Waals surface area contributed by atoms with Crippen LogP contribution in [-0.4, -0.2) is 35.7 Å². The Kier molecular flexibility index (Phi) is 20.0. The number of alkyl halides is 1. The van der Waals surface area contributed by atoms with E-state index in [1.807, 2.05) is 29.3 Å². The molecule has 0 spiro atoms. The maximum atomic E-state index is 12.3. The summed E-state index contributed by atoms with van der Waals surface area (Å²) in [4.78, 5) is 12.3. The molecule has 41 heavy (non-hydrogen) atoms. The summed E-state index contributed by atoms with van der Waals surface area (Å²) in [6.07, 6.45) is 22.7. The molecule has 1 aromatic rings. The molecule has 2 atom stereocenters. The number of benzene rings is 1. The first-order chi connectivity index (χ1) is 20.1. The van der Waals surface area contributed by atoms with E-state index in [1.165, 1.54) is 83.5 Å². The van der Waals surface area contributed by atoms with Gasteiger partial charge in [0.1, 0.15) is 9.67 Å². The molecule has 7 heteroatoms. The van der Waals surface area contributed by atoms with Gasteiger partial charge in [-0.3, -0.25) is 5.01 Å². The number of carbonyl (C=O) groups is 1. The van der Waals surface area contributed by atoms with Gasteiger partial charge in [0.15, 0.2) is 0 Å². The summed E-state index contributed by atoms with van der Waals surface area (Å²) in [7, 11) is 0. The van der Waals surface area contributed by atoms with Crippen molar-refractivity contribution in [3.05, 3.63) is 24.3 Å². The monoisotopic (exact) mass is 684 g/mol. The minimum Gasteiger partial charge on any atom is -0.494 e. The fraction of sp³-hybridized carbons (Fsp3) is 0.765. The van der Waals surface area contributed by atoms with Crippen LogP contribution in [0.25, 0.3) is 0 Å². The Morgan fingerprint density at radius 3 is 2.12 bits per heavy atom. The van der Waals surface area contributed by atoms with Crippen molar-refractivity contribution in [1.29, 1.82) is 0 Å². The molecule has 1 aliphatic heterocycles. The number of nitrogens with zero attached hydrogens (tertiary/aromatic N) is 2. The first-order valence-corrected chi connectivity index (χ1v) is 17.9. The number of unbranched alkanes of at least 4 members (excludes halogenated alkanes) is 14. The highest BCUT2D eigenvalue weighted by atomic mass is 127. The normalized spacial score (nSPS) is 15.6. The predicted octanol–water partition coefficient (Wildman–Crippen LogP) is 10.9. The maximum absolute atomic E-state index is 12.3. The van der Waals surface area contributed by atoms with Crippen LogP contribution in [-0.2, 0) is 9.47 Å². The van der Waals surface area contributed by atoms with Crippen LogP contribution in [0.5, 0.6) is 5.75 Å². The second kappa shape index (κ2) is 23.0. The van der Waals surface area contributed by atoms with Crippen LogP contribution < -0.4 is 9.75 Å². The van der Waals surface area contributed by atoms with Gasteiger partial charge in [-0.15, -0.1) is 5.10 Å². The summed E-state index contributed by atoms with van der Waals surface area (Å²) >= 11 is 2.26. The van der Waals surface area contributed by atoms with E-state index in [0.717, 1.165) is 50.1 Å². The van der Waals surface area contributed by atoms with E-state index >= 15 is 0 Å². The van der Waals surface area contributed by atoms with Crippen molar-refractivity contribution in [2.24, 2.45) is 11.0 Å². The molecule has 0 aromatic heterocycles. The van der Waals surface area contributed by atoms with Crippen molar-refractivity contribution in [2.45, 2.75) is 140 Å². The summed E-state index contributed by atoms with van der Waals surface area (Å²) in [5.74, 6) is 1.63. The minimum atomic E-state index is -0.660. The third-order valence-corrected chi connectivity index (χ3v) is 8.80. The zero-order chi connectivity index (χ0) is 29.5. The third kappa shape index (κ3) is 16.1. The molecule has 0 N–H and O–H groups in total. The van der Waals surface area contributed by atoms with Gasteiger partial charge in [-0.05, 0) is 30.9 Å². The zero-order valence-corrected chi connectivity index (χ0v) is 28.4. The van der Waals surface area contributed by atoms with Gasteiger partial charge in [0, 0.05) is 6.07 Å². The van der Waals surface area contributed by atoms with E-state index in [0.29, 0.717) is 25.0 Å². The highest BCUT2D eigenvalue weighted by Crippen LogP contribution is 2.27. The SMILES string of the molecule is CCCCCCCCCCCCCCCCOc1cccc(N2CC(I)C(OC(=O)OCC(CC)CCCC)=N2)c1. The van der Waals surface area contributed by atoms with Crippen LogP contribution in [0.4, 0.5) is 10.5 Å². The van der Waals surface area contributed by atoms with Crippen molar-refractivity contribution < 1.29 is 19.0 Å². The summed E-state index contributed by atoms with van der Waals surface area (Å²) < 4.78 is 16.9. The van der Waals surface area contributed by atoms with Gasteiger partial charge in [0.2, 0.25) is 5.90 Å². The minimum absolute atomic E-state index is 0.0256. The fourth-order valence-corrected chi connectivity index (χ4v) is 5.74. The van der Waals surface area contributed by atoms with Gasteiger partial charge in [0.05, 0.1) is 25.4 Å². The molecular formula is C34H57IN2O4. The van der Waals surface area contributed by atoms with Gasteiger partial charge in [0.25, 0.3) is 0 Å². The average molecular weight is 685 g/mol. The molecule has 0 fully saturated rings. The Hall–Kier alpha value is -1.51. The molecule has 2 rings (SSSR count). The molecule has 0 saturated carbocycles. The predicted molar refractivity (Wildman–Crippen MR) is 181 cm³/mol. The molecule has 1 aliphatic rings. The zero-order valence-electron chi connectivity index (χ0n) is 26.2. The molecule has 0 bridgehead atoms. The summed E-state index contributed by atoms with van der Waals surface area (Å²) in [5, 5.41) is 6.43. The number of anilines is 1. The lowest BCUT2D eigenvalue weighted by molar-refractivity contribution is 0.0776. The van der Waals surface area contributed by atoms with E-state index < -0.39 is 6.16 Å². The quantitative estimate of drug-likeness (QED) is 0.0497. The Balaban J connectivity index is 1.60. The van der Waals surface area contributed by atoms with Gasteiger partial charge < -0.3 is 14.2 Å². The number of ether oxygens (including phenoxy) is 3. The van der Waals surface area contributed by atoms with Gasteiger partial charge in [-0.2, -0.15) is 0 Å². The van der Waals surface area contributed by atoms with Gasteiger partial charge in [-0.1, -0.05) is 152 Å². The van der Waals surface area contributed by atoms with Crippen LogP contribution in [0.15, 0.2) is 29.4 Å². The first-order valence-electron chi connectivity index (χ1n) is 16.6. The second-order valence-electron chi connectivity index (χ2n) is 11.5. The highest BCUT2D eigenvalue weighted by molar-refractivity contribution is 14.1. The van der Waals surface area contributed by atoms with E-state index in [9.17, 15) is 4.79 Å².